The first-order chi connectivity index (χ1) is 4.93. The van der Waals surface area contributed by atoms with Gasteiger partial charge in [-0.3, -0.25) is 0 Å². The Kier molecular flexibility index (Phi) is 2.68. The Hall–Kier alpha value is -1.11. The molecular formula is C9H11N. The molecule has 52 valence electrons. The zero-order valence-corrected chi connectivity index (χ0v) is 5.88. The highest BCUT2D eigenvalue weighted by atomic mass is 14.3. The predicted octanol–water partition coefficient (Wildman–Crippen LogP) is 2.27. The summed E-state index contributed by atoms with van der Waals surface area (Å²) in [6.45, 7) is 0. The first-order valence-electron chi connectivity index (χ1n) is 3.46. The summed E-state index contributed by atoms with van der Waals surface area (Å²) >= 11 is 0. The van der Waals surface area contributed by atoms with Crippen LogP contribution in [0, 0.1) is 5.41 Å². The Morgan fingerprint density at radius 1 is 1.20 bits per heavy atom. The largest absolute Gasteiger partial charge is 0.313 e. The molecule has 0 aliphatic heterocycles. The molecule has 10 heavy (non-hydrogen) atoms. The summed E-state index contributed by atoms with van der Waals surface area (Å²) < 4.78 is 0. The van der Waals surface area contributed by atoms with Crippen molar-refractivity contribution < 1.29 is 0 Å². The molecule has 1 heteroatoms. The predicted molar refractivity (Wildman–Crippen MR) is 43.5 cm³/mol. The summed E-state index contributed by atoms with van der Waals surface area (Å²) in [6, 6.07) is 10.2. The zero-order valence-electron chi connectivity index (χ0n) is 5.88. The van der Waals surface area contributed by atoms with E-state index in [1.54, 1.807) is 0 Å². The highest BCUT2D eigenvalue weighted by Crippen LogP contribution is 2.00. The highest BCUT2D eigenvalue weighted by Gasteiger charge is 1.86. The van der Waals surface area contributed by atoms with Crippen molar-refractivity contribution in [3.05, 3.63) is 35.9 Å². The van der Waals surface area contributed by atoms with Crippen LogP contribution in [0.4, 0.5) is 0 Å². The van der Waals surface area contributed by atoms with Gasteiger partial charge in [0.2, 0.25) is 0 Å². The van der Waals surface area contributed by atoms with Crippen LogP contribution in [0.1, 0.15) is 12.0 Å². The third-order valence-electron chi connectivity index (χ3n) is 1.42. The number of aryl methyl sites for hydroxylation is 1. The summed E-state index contributed by atoms with van der Waals surface area (Å²) in [5, 5.41) is 6.83. The van der Waals surface area contributed by atoms with Gasteiger partial charge in [0.25, 0.3) is 0 Å². The lowest BCUT2D eigenvalue weighted by atomic mass is 10.1. The smallest absolute Gasteiger partial charge is 0.00444 e. The molecule has 0 unspecified atom stereocenters. The normalized spacial score (nSPS) is 9.20. The van der Waals surface area contributed by atoms with Crippen molar-refractivity contribution in [1.29, 1.82) is 5.41 Å². The molecule has 0 heterocycles. The van der Waals surface area contributed by atoms with Crippen molar-refractivity contribution in [1.82, 2.24) is 0 Å². The Balaban J connectivity index is 2.50. The summed E-state index contributed by atoms with van der Waals surface area (Å²) in [6.07, 6.45) is 3.29. The van der Waals surface area contributed by atoms with Crippen LogP contribution in [0.15, 0.2) is 30.3 Å². The SMILES string of the molecule is N=CCCc1ccccc1. The van der Waals surface area contributed by atoms with Crippen LogP contribution in [-0.2, 0) is 6.42 Å². The van der Waals surface area contributed by atoms with Gasteiger partial charge in [0.05, 0.1) is 0 Å². The van der Waals surface area contributed by atoms with Crippen LogP contribution in [-0.4, -0.2) is 6.21 Å². The fourth-order valence-electron chi connectivity index (χ4n) is 0.884. The van der Waals surface area contributed by atoms with Gasteiger partial charge < -0.3 is 5.41 Å². The molecule has 0 aliphatic carbocycles. The number of hydrogen-bond acceptors (Lipinski definition) is 1. The second-order valence-electron chi connectivity index (χ2n) is 2.23. The average molecular weight is 133 g/mol. The maximum absolute atomic E-state index is 6.83. The van der Waals surface area contributed by atoms with Gasteiger partial charge in [0.15, 0.2) is 0 Å². The second kappa shape index (κ2) is 3.83. The quantitative estimate of drug-likeness (QED) is 0.611. The molecule has 0 fully saturated rings. The molecule has 1 rings (SSSR count). The molecule has 1 N–H and O–H groups in total. The van der Waals surface area contributed by atoms with Crippen LogP contribution in [0.5, 0.6) is 0 Å². The molecule has 0 saturated heterocycles. The molecule has 1 aromatic carbocycles. The minimum atomic E-state index is 0.851. The standard InChI is InChI=1S/C9H11N/c10-8-4-7-9-5-2-1-3-6-9/h1-3,5-6,8,10H,4,7H2. The van der Waals surface area contributed by atoms with Crippen molar-refractivity contribution >= 4 is 6.21 Å². The lowest BCUT2D eigenvalue weighted by Gasteiger charge is -1.94. The minimum absolute atomic E-state index is 0.851. The van der Waals surface area contributed by atoms with Crippen molar-refractivity contribution in [2.75, 3.05) is 0 Å². The number of nitrogens with one attached hydrogen (secondary N) is 1. The lowest BCUT2D eigenvalue weighted by molar-refractivity contribution is 1.05. The topological polar surface area (TPSA) is 23.9 Å². The molecule has 0 aliphatic rings. The summed E-state index contributed by atoms with van der Waals surface area (Å²) in [5.74, 6) is 0. The molecule has 0 radical (unpaired) electrons. The lowest BCUT2D eigenvalue weighted by Crippen LogP contribution is -1.83. The van der Waals surface area contributed by atoms with Crippen LogP contribution in [0.25, 0.3) is 0 Å². The first kappa shape index (κ1) is 7.00. The monoisotopic (exact) mass is 133 g/mol. The van der Waals surface area contributed by atoms with Crippen LogP contribution in [0.3, 0.4) is 0 Å². The second-order valence-corrected chi connectivity index (χ2v) is 2.23. The van der Waals surface area contributed by atoms with Gasteiger partial charge >= 0.3 is 0 Å². The van der Waals surface area contributed by atoms with E-state index in [0.717, 1.165) is 12.8 Å². The number of benzene rings is 1. The van der Waals surface area contributed by atoms with E-state index in [1.807, 2.05) is 18.2 Å². The van der Waals surface area contributed by atoms with Gasteiger partial charge in [-0.1, -0.05) is 30.3 Å². The third kappa shape index (κ3) is 2.02. The van der Waals surface area contributed by atoms with E-state index < -0.39 is 0 Å². The Bertz CT molecular complexity index is 191. The van der Waals surface area contributed by atoms with Crippen molar-refractivity contribution in [3.63, 3.8) is 0 Å². The number of hydrogen-bond donors (Lipinski definition) is 1. The fourth-order valence-corrected chi connectivity index (χ4v) is 0.884. The Morgan fingerprint density at radius 2 is 1.90 bits per heavy atom. The van der Waals surface area contributed by atoms with E-state index in [-0.39, 0.29) is 0 Å². The van der Waals surface area contributed by atoms with E-state index in [1.165, 1.54) is 11.8 Å². The molecule has 0 bridgehead atoms. The molecule has 0 amide bonds. The van der Waals surface area contributed by atoms with Crippen molar-refractivity contribution in [2.45, 2.75) is 12.8 Å². The Labute approximate surface area is 61.2 Å². The van der Waals surface area contributed by atoms with Crippen LogP contribution >= 0.6 is 0 Å². The molecule has 0 saturated carbocycles. The molecule has 1 nitrogen and oxygen atoms in total. The van der Waals surface area contributed by atoms with E-state index in [2.05, 4.69) is 12.1 Å². The van der Waals surface area contributed by atoms with E-state index in [9.17, 15) is 0 Å². The average Bonchev–Trinajstić information content (AvgIpc) is 2.03. The van der Waals surface area contributed by atoms with Gasteiger partial charge in [0, 0.05) is 0 Å². The van der Waals surface area contributed by atoms with Crippen molar-refractivity contribution in [3.8, 4) is 0 Å². The maximum atomic E-state index is 6.83. The van der Waals surface area contributed by atoms with E-state index >= 15 is 0 Å². The number of rotatable bonds is 3. The summed E-state index contributed by atoms with van der Waals surface area (Å²) in [5.41, 5.74) is 1.31. The van der Waals surface area contributed by atoms with Gasteiger partial charge in [-0.2, -0.15) is 0 Å². The molecular weight excluding hydrogens is 122 g/mol. The molecule has 0 atom stereocenters. The van der Waals surface area contributed by atoms with Gasteiger partial charge in [-0.15, -0.1) is 0 Å². The summed E-state index contributed by atoms with van der Waals surface area (Å²) in [7, 11) is 0. The summed E-state index contributed by atoms with van der Waals surface area (Å²) in [4.78, 5) is 0. The van der Waals surface area contributed by atoms with Gasteiger partial charge in [0.1, 0.15) is 0 Å². The van der Waals surface area contributed by atoms with Gasteiger partial charge in [-0.05, 0) is 24.6 Å². The van der Waals surface area contributed by atoms with Crippen LogP contribution in [0.2, 0.25) is 0 Å². The first-order valence-corrected chi connectivity index (χ1v) is 3.46. The fraction of sp³-hybridized carbons (Fsp3) is 0.222. The minimum Gasteiger partial charge on any atom is -0.313 e. The molecule has 0 spiro atoms. The molecule has 1 aromatic rings. The maximum Gasteiger partial charge on any atom is -0.00444 e. The van der Waals surface area contributed by atoms with Crippen molar-refractivity contribution in [2.24, 2.45) is 0 Å². The Morgan fingerprint density at radius 3 is 2.50 bits per heavy atom. The highest BCUT2D eigenvalue weighted by molar-refractivity contribution is 5.53. The zero-order chi connectivity index (χ0) is 7.23. The van der Waals surface area contributed by atoms with E-state index in [0.29, 0.717) is 0 Å². The third-order valence-corrected chi connectivity index (χ3v) is 1.42. The van der Waals surface area contributed by atoms with Crippen LogP contribution < -0.4 is 0 Å². The molecule has 0 aromatic heterocycles. The van der Waals surface area contributed by atoms with Gasteiger partial charge in [-0.25, -0.2) is 0 Å². The van der Waals surface area contributed by atoms with E-state index in [4.69, 9.17) is 5.41 Å².